The smallest absolute Gasteiger partial charge is 0.149 e. The van der Waals surface area contributed by atoms with Crippen LogP contribution in [-0.4, -0.2) is 12.0 Å². The Morgan fingerprint density at radius 2 is 1.79 bits per heavy atom. The molecule has 2 nitrogen and oxygen atoms in total. The first kappa shape index (κ1) is 13.7. The number of pyridine rings is 1. The summed E-state index contributed by atoms with van der Waals surface area (Å²) in [5.74, 6) is -0.315. The predicted octanol–water partition coefficient (Wildman–Crippen LogP) is 4.16. The van der Waals surface area contributed by atoms with Crippen molar-refractivity contribution in [2.24, 2.45) is 0 Å². The molecule has 0 spiro atoms. The van der Waals surface area contributed by atoms with Crippen molar-refractivity contribution >= 4 is 16.7 Å². The van der Waals surface area contributed by atoms with Crippen LogP contribution in [0.2, 0.25) is 0 Å². The molecule has 0 saturated heterocycles. The van der Waals surface area contributed by atoms with Gasteiger partial charge in [-0.2, -0.15) is 0 Å². The van der Waals surface area contributed by atoms with Gasteiger partial charge in [0.1, 0.15) is 23.0 Å². The second-order valence-corrected chi connectivity index (χ2v) is 5.77. The molecular weight excluding hydrogens is 246 g/mol. The van der Waals surface area contributed by atoms with Crippen molar-refractivity contribution < 1.29 is 8.78 Å². The van der Waals surface area contributed by atoms with Gasteiger partial charge in [-0.3, -0.25) is 0 Å². The van der Waals surface area contributed by atoms with Gasteiger partial charge in [0.15, 0.2) is 0 Å². The van der Waals surface area contributed by atoms with Gasteiger partial charge in [-0.05, 0) is 30.0 Å². The van der Waals surface area contributed by atoms with Crippen LogP contribution in [0.3, 0.4) is 0 Å². The van der Waals surface area contributed by atoms with Crippen LogP contribution in [0.5, 0.6) is 0 Å². The molecule has 0 radical (unpaired) electrons. The fraction of sp³-hybridized carbons (Fsp3) is 0.400. The Labute approximate surface area is 111 Å². The van der Waals surface area contributed by atoms with Crippen LogP contribution in [-0.2, 0) is 5.41 Å². The fourth-order valence-electron chi connectivity index (χ4n) is 2.16. The van der Waals surface area contributed by atoms with Gasteiger partial charge in [0.05, 0.1) is 0 Å². The van der Waals surface area contributed by atoms with Gasteiger partial charge in [0.2, 0.25) is 0 Å². The second kappa shape index (κ2) is 4.44. The summed E-state index contributed by atoms with van der Waals surface area (Å²) >= 11 is 0. The van der Waals surface area contributed by atoms with E-state index in [9.17, 15) is 8.78 Å². The number of fused-ring (bicyclic) bond motifs is 1. The number of nitrogens with one attached hydrogen (secondary N) is 1. The zero-order chi connectivity index (χ0) is 14.4. The molecule has 1 aromatic carbocycles. The molecule has 2 rings (SSSR count). The average molecular weight is 264 g/mol. The Bertz CT molecular complexity index is 643. The molecule has 0 fully saturated rings. The second-order valence-electron chi connectivity index (χ2n) is 5.77. The van der Waals surface area contributed by atoms with Gasteiger partial charge in [-0.25, -0.2) is 13.8 Å². The summed E-state index contributed by atoms with van der Waals surface area (Å²) in [4.78, 5) is 4.24. The maximum atomic E-state index is 14.2. The van der Waals surface area contributed by atoms with Crippen molar-refractivity contribution in [2.75, 3.05) is 12.4 Å². The monoisotopic (exact) mass is 264 g/mol. The van der Waals surface area contributed by atoms with E-state index < -0.39 is 11.6 Å². The van der Waals surface area contributed by atoms with E-state index in [1.165, 1.54) is 6.07 Å². The molecular formula is C15H18F2N2. The number of rotatable bonds is 1. The Hall–Kier alpha value is -1.71. The molecule has 0 atom stereocenters. The summed E-state index contributed by atoms with van der Waals surface area (Å²) in [5, 5.41) is 3.19. The molecule has 2 aromatic rings. The Morgan fingerprint density at radius 3 is 2.32 bits per heavy atom. The minimum atomic E-state index is -0.495. The summed E-state index contributed by atoms with van der Waals surface area (Å²) < 4.78 is 28.1. The molecule has 1 N–H and O–H groups in total. The first-order chi connectivity index (χ1) is 8.75. The number of hydrogen-bond donors (Lipinski definition) is 1. The molecule has 0 saturated carbocycles. The third-order valence-electron chi connectivity index (χ3n) is 3.22. The number of halogens is 2. The van der Waals surface area contributed by atoms with Crippen LogP contribution in [0.15, 0.2) is 12.1 Å². The van der Waals surface area contributed by atoms with Crippen molar-refractivity contribution in [3.8, 4) is 0 Å². The van der Waals surface area contributed by atoms with Gasteiger partial charge < -0.3 is 5.32 Å². The number of aryl methyl sites for hydroxylation is 1. The highest BCUT2D eigenvalue weighted by Crippen LogP contribution is 2.33. The minimum absolute atomic E-state index is 0.0699. The average Bonchev–Trinajstić information content (AvgIpc) is 2.33. The quantitative estimate of drug-likeness (QED) is 0.836. The van der Waals surface area contributed by atoms with Gasteiger partial charge in [-0.1, -0.05) is 20.8 Å². The molecule has 1 heterocycles. The fourth-order valence-corrected chi connectivity index (χ4v) is 2.16. The normalized spacial score (nSPS) is 11.9. The van der Waals surface area contributed by atoms with E-state index in [1.54, 1.807) is 20.0 Å². The summed E-state index contributed by atoms with van der Waals surface area (Å²) in [5.41, 5.74) is 1.03. The van der Waals surface area contributed by atoms with Crippen molar-refractivity contribution in [2.45, 2.75) is 33.1 Å². The Kier molecular flexibility index (Phi) is 3.20. The first-order valence-electron chi connectivity index (χ1n) is 6.23. The first-order valence-corrected chi connectivity index (χ1v) is 6.23. The van der Waals surface area contributed by atoms with E-state index in [0.717, 1.165) is 5.56 Å². The standard InChI is InChI=1S/C15H18F2N2/c1-8-6-11(16)13-9(12(8)17)7-10(15(2,3)4)14(18-5)19-13/h6-7H,1-5H3,(H,18,19). The molecule has 0 aliphatic heterocycles. The lowest BCUT2D eigenvalue weighted by molar-refractivity contribution is 0.586. The van der Waals surface area contributed by atoms with E-state index in [-0.39, 0.29) is 16.3 Å². The molecule has 0 bridgehead atoms. The van der Waals surface area contributed by atoms with E-state index in [2.05, 4.69) is 10.3 Å². The summed E-state index contributed by atoms with van der Waals surface area (Å²) in [6.45, 7) is 7.60. The van der Waals surface area contributed by atoms with Gasteiger partial charge in [0.25, 0.3) is 0 Å². The number of benzene rings is 1. The maximum Gasteiger partial charge on any atom is 0.149 e. The lowest BCUT2D eigenvalue weighted by atomic mass is 9.86. The van der Waals surface area contributed by atoms with Crippen LogP contribution in [0.1, 0.15) is 31.9 Å². The molecule has 0 aliphatic rings. The summed E-state index contributed by atoms with van der Waals surface area (Å²) in [7, 11) is 1.73. The van der Waals surface area contributed by atoms with Crippen LogP contribution in [0.25, 0.3) is 10.9 Å². The van der Waals surface area contributed by atoms with Gasteiger partial charge >= 0.3 is 0 Å². The number of aromatic nitrogens is 1. The highest BCUT2D eigenvalue weighted by Gasteiger charge is 2.22. The van der Waals surface area contributed by atoms with Crippen LogP contribution in [0, 0.1) is 18.6 Å². The van der Waals surface area contributed by atoms with Crippen LogP contribution >= 0.6 is 0 Å². The zero-order valence-corrected chi connectivity index (χ0v) is 11.9. The van der Waals surface area contributed by atoms with Crippen molar-refractivity contribution in [1.82, 2.24) is 4.98 Å². The maximum absolute atomic E-state index is 14.2. The topological polar surface area (TPSA) is 24.9 Å². The van der Waals surface area contributed by atoms with Crippen LogP contribution < -0.4 is 5.32 Å². The largest absolute Gasteiger partial charge is 0.373 e. The number of nitrogens with zero attached hydrogens (tertiary/aromatic N) is 1. The molecule has 0 unspecified atom stereocenters. The van der Waals surface area contributed by atoms with Crippen molar-refractivity contribution in [3.63, 3.8) is 0 Å². The Morgan fingerprint density at radius 1 is 1.16 bits per heavy atom. The van der Waals surface area contributed by atoms with E-state index in [0.29, 0.717) is 11.4 Å². The summed E-state index contributed by atoms with van der Waals surface area (Å²) in [6, 6.07) is 2.88. The molecule has 0 aliphatic carbocycles. The molecule has 19 heavy (non-hydrogen) atoms. The van der Waals surface area contributed by atoms with Crippen molar-refractivity contribution in [1.29, 1.82) is 0 Å². The van der Waals surface area contributed by atoms with Crippen molar-refractivity contribution in [3.05, 3.63) is 34.9 Å². The molecule has 0 amide bonds. The third kappa shape index (κ3) is 2.27. The lowest BCUT2D eigenvalue weighted by Crippen LogP contribution is -2.15. The number of anilines is 1. The molecule has 1 aromatic heterocycles. The number of hydrogen-bond acceptors (Lipinski definition) is 2. The van der Waals surface area contributed by atoms with Gasteiger partial charge in [-0.15, -0.1) is 0 Å². The minimum Gasteiger partial charge on any atom is -0.373 e. The SMILES string of the molecule is CNc1nc2c(F)cc(C)c(F)c2cc1C(C)(C)C. The Balaban J connectivity index is 2.90. The summed E-state index contributed by atoms with van der Waals surface area (Å²) in [6.07, 6.45) is 0. The molecule has 102 valence electrons. The van der Waals surface area contributed by atoms with E-state index in [4.69, 9.17) is 0 Å². The van der Waals surface area contributed by atoms with E-state index >= 15 is 0 Å². The predicted molar refractivity (Wildman–Crippen MR) is 74.6 cm³/mol. The van der Waals surface area contributed by atoms with Gasteiger partial charge in [0, 0.05) is 18.0 Å². The highest BCUT2D eigenvalue weighted by atomic mass is 19.1. The van der Waals surface area contributed by atoms with Crippen LogP contribution in [0.4, 0.5) is 14.6 Å². The third-order valence-corrected chi connectivity index (χ3v) is 3.22. The zero-order valence-electron chi connectivity index (χ0n) is 11.9. The lowest BCUT2D eigenvalue weighted by Gasteiger charge is -2.23. The van der Waals surface area contributed by atoms with E-state index in [1.807, 2.05) is 20.8 Å². The molecule has 4 heteroatoms. The highest BCUT2D eigenvalue weighted by molar-refractivity contribution is 5.84.